The molecule has 28 heavy (non-hydrogen) atoms. The van der Waals surface area contributed by atoms with Gasteiger partial charge in [-0.25, -0.2) is 5.06 Å². The largest absolute Gasteiger partial charge is 0.438 e. The first-order chi connectivity index (χ1) is 12.6. The molecule has 0 aliphatic rings. The molecular formula is C17H32NO9P. The minimum absolute atomic E-state index is 0.0772. The zero-order valence-electron chi connectivity index (χ0n) is 17.6. The monoisotopic (exact) mass is 425 g/mol. The van der Waals surface area contributed by atoms with Crippen LogP contribution in [0.25, 0.3) is 0 Å². The van der Waals surface area contributed by atoms with E-state index in [-0.39, 0.29) is 19.1 Å². The fraction of sp³-hybridized carbons (Fsp3) is 0.824. The molecule has 0 aromatic carbocycles. The van der Waals surface area contributed by atoms with E-state index in [2.05, 4.69) is 0 Å². The molecule has 0 aromatic heterocycles. The molecule has 1 N–H and O–H groups in total. The van der Waals surface area contributed by atoms with Gasteiger partial charge in [-0.2, -0.15) is 0 Å². The van der Waals surface area contributed by atoms with Gasteiger partial charge in [0.2, 0.25) is 19.5 Å². The molecule has 0 heterocycles. The molecule has 0 aromatic rings. The molecule has 0 radical (unpaired) electrons. The highest BCUT2D eigenvalue weighted by Gasteiger charge is 2.30. The van der Waals surface area contributed by atoms with Gasteiger partial charge in [0.1, 0.15) is 0 Å². The van der Waals surface area contributed by atoms with E-state index in [1.807, 2.05) is 0 Å². The summed E-state index contributed by atoms with van der Waals surface area (Å²) in [7, 11) is -3.83. The van der Waals surface area contributed by atoms with Crippen molar-refractivity contribution in [3.8, 4) is 0 Å². The molecule has 0 rings (SSSR count). The number of carbonyl (C=O) groups is 3. The van der Waals surface area contributed by atoms with E-state index in [0.717, 1.165) is 0 Å². The van der Waals surface area contributed by atoms with Gasteiger partial charge >= 0.3 is 19.5 Å². The van der Waals surface area contributed by atoms with Gasteiger partial charge in [0.25, 0.3) is 0 Å². The summed E-state index contributed by atoms with van der Waals surface area (Å²) in [6, 6.07) is 0. The lowest BCUT2D eigenvalue weighted by Crippen LogP contribution is -2.27. The Kier molecular flexibility index (Phi) is 10.3. The first-order valence-corrected chi connectivity index (χ1v) is 10.5. The van der Waals surface area contributed by atoms with E-state index in [4.69, 9.17) is 18.5 Å². The van der Waals surface area contributed by atoms with Crippen LogP contribution in [0.3, 0.4) is 0 Å². The van der Waals surface area contributed by atoms with Crippen LogP contribution < -0.4 is 0 Å². The third-order valence-corrected chi connectivity index (χ3v) is 5.13. The second kappa shape index (κ2) is 10.9. The fourth-order valence-electron chi connectivity index (χ4n) is 1.49. The van der Waals surface area contributed by atoms with Gasteiger partial charge in [0, 0.05) is 13.5 Å². The van der Waals surface area contributed by atoms with Gasteiger partial charge in [-0.05, 0) is 48.0 Å². The second-order valence-corrected chi connectivity index (χ2v) is 10.4. The van der Waals surface area contributed by atoms with Crippen molar-refractivity contribution < 1.29 is 42.7 Å². The number of rotatable bonds is 10. The minimum Gasteiger partial charge on any atom is -0.438 e. The molecule has 0 atom stereocenters. The Morgan fingerprint density at radius 3 is 1.61 bits per heavy atom. The van der Waals surface area contributed by atoms with Gasteiger partial charge in [-0.3, -0.25) is 33.2 Å². The topological polar surface area (TPSA) is 129 Å². The number of ether oxygens (including phenoxy) is 2. The number of carbonyl (C=O) groups excluding carboxylic acids is 3. The summed E-state index contributed by atoms with van der Waals surface area (Å²) in [4.78, 5) is 34.5. The van der Waals surface area contributed by atoms with Crippen LogP contribution in [0.5, 0.6) is 0 Å². The minimum atomic E-state index is -3.83. The van der Waals surface area contributed by atoms with Crippen LogP contribution in [0.1, 0.15) is 54.9 Å². The van der Waals surface area contributed by atoms with Crippen LogP contribution in [0.4, 0.5) is 0 Å². The smallest absolute Gasteiger partial charge is 0.336 e. The third kappa shape index (κ3) is 10.8. The summed E-state index contributed by atoms with van der Waals surface area (Å²) in [5.41, 5.74) is -1.54. The van der Waals surface area contributed by atoms with Crippen molar-refractivity contribution in [2.24, 2.45) is 10.8 Å². The average molecular weight is 425 g/mol. The Morgan fingerprint density at radius 2 is 1.29 bits per heavy atom. The maximum atomic E-state index is 12.8. The normalized spacial score (nSPS) is 12.4. The zero-order chi connectivity index (χ0) is 22.2. The molecule has 0 fully saturated rings. The predicted octanol–water partition coefficient (Wildman–Crippen LogP) is 2.93. The fourth-order valence-corrected chi connectivity index (χ4v) is 2.78. The summed E-state index contributed by atoms with van der Waals surface area (Å²) in [5.74, 6) is -1.69. The lowest BCUT2D eigenvalue weighted by atomic mass is 9.98. The number of amides is 1. The Morgan fingerprint density at radius 1 is 0.893 bits per heavy atom. The number of nitrogens with zero attached hydrogens (tertiary/aromatic N) is 1. The van der Waals surface area contributed by atoms with Gasteiger partial charge < -0.3 is 9.47 Å². The quantitative estimate of drug-likeness (QED) is 0.185. The van der Waals surface area contributed by atoms with Crippen LogP contribution in [-0.2, 0) is 37.5 Å². The van der Waals surface area contributed by atoms with Crippen LogP contribution in [0, 0.1) is 10.8 Å². The van der Waals surface area contributed by atoms with E-state index in [1.165, 1.54) is 6.92 Å². The van der Waals surface area contributed by atoms with E-state index in [9.17, 15) is 24.2 Å². The first kappa shape index (κ1) is 26.5. The number of hydroxylamine groups is 2. The maximum Gasteiger partial charge on any atom is 0.336 e. The molecule has 164 valence electrons. The van der Waals surface area contributed by atoms with Gasteiger partial charge in [0.05, 0.1) is 17.0 Å². The Hall–Kier alpha value is -1.48. The molecule has 0 saturated carbocycles. The van der Waals surface area contributed by atoms with E-state index in [1.54, 1.807) is 41.5 Å². The van der Waals surface area contributed by atoms with Crippen molar-refractivity contribution in [3.63, 3.8) is 0 Å². The Labute approximate surface area is 165 Å². The second-order valence-electron chi connectivity index (χ2n) is 8.19. The number of hydrogen-bond acceptors (Lipinski definition) is 9. The summed E-state index contributed by atoms with van der Waals surface area (Å²) < 4.78 is 32.9. The number of esters is 2. The van der Waals surface area contributed by atoms with E-state index < -0.39 is 49.9 Å². The van der Waals surface area contributed by atoms with Gasteiger partial charge in [-0.1, -0.05) is 0 Å². The van der Waals surface area contributed by atoms with Crippen LogP contribution in [-0.4, -0.2) is 54.4 Å². The standard InChI is InChI=1S/C17H32NO9P/c1-13(19)18(22)9-8-10-28(23,26-11-24-14(20)16(2,3)4)27-12-25-15(21)17(5,6)7/h22H,8-12H2,1-7H3. The average Bonchev–Trinajstić information content (AvgIpc) is 2.52. The van der Waals surface area contributed by atoms with E-state index >= 15 is 0 Å². The van der Waals surface area contributed by atoms with Gasteiger partial charge in [-0.15, -0.1) is 0 Å². The van der Waals surface area contributed by atoms with E-state index in [0.29, 0.717) is 5.06 Å². The highest BCUT2D eigenvalue weighted by Crippen LogP contribution is 2.48. The summed E-state index contributed by atoms with van der Waals surface area (Å²) in [6.45, 7) is 9.73. The molecule has 10 nitrogen and oxygen atoms in total. The lowest BCUT2D eigenvalue weighted by molar-refractivity contribution is -0.163. The molecular weight excluding hydrogens is 393 g/mol. The van der Waals surface area contributed by atoms with Crippen molar-refractivity contribution in [2.45, 2.75) is 54.9 Å². The predicted molar refractivity (Wildman–Crippen MR) is 99.3 cm³/mol. The number of hydrogen-bond donors (Lipinski definition) is 1. The maximum absolute atomic E-state index is 12.8. The molecule has 0 spiro atoms. The lowest BCUT2D eigenvalue weighted by Gasteiger charge is -2.22. The first-order valence-electron chi connectivity index (χ1n) is 8.78. The molecule has 0 bridgehead atoms. The summed E-state index contributed by atoms with van der Waals surface area (Å²) in [5, 5.41) is 9.84. The molecule has 0 aliphatic carbocycles. The van der Waals surface area contributed by atoms with Crippen molar-refractivity contribution in [2.75, 3.05) is 26.3 Å². The Balaban J connectivity index is 4.80. The molecule has 1 amide bonds. The molecule has 0 unspecified atom stereocenters. The molecule has 11 heteroatoms. The summed E-state index contributed by atoms with van der Waals surface area (Å²) in [6.07, 6.45) is -0.120. The van der Waals surface area contributed by atoms with Crippen molar-refractivity contribution in [3.05, 3.63) is 0 Å². The van der Waals surface area contributed by atoms with Gasteiger partial charge in [0.15, 0.2) is 0 Å². The third-order valence-electron chi connectivity index (χ3n) is 3.27. The Bertz CT molecular complexity index is 556. The molecule has 0 saturated heterocycles. The van der Waals surface area contributed by atoms with Crippen molar-refractivity contribution in [1.29, 1.82) is 0 Å². The molecule has 0 aliphatic heterocycles. The van der Waals surface area contributed by atoms with Crippen molar-refractivity contribution >= 4 is 25.4 Å². The van der Waals surface area contributed by atoms with Crippen LogP contribution in [0.15, 0.2) is 0 Å². The van der Waals surface area contributed by atoms with Crippen molar-refractivity contribution in [1.82, 2.24) is 5.06 Å². The van der Waals surface area contributed by atoms with Crippen LogP contribution >= 0.6 is 7.60 Å². The summed E-state index contributed by atoms with van der Waals surface area (Å²) >= 11 is 0. The SMILES string of the molecule is CC(=O)N(O)CCCP(=O)(OCOC(=O)C(C)(C)C)OCOC(=O)C(C)(C)C. The zero-order valence-corrected chi connectivity index (χ0v) is 18.5. The highest BCUT2D eigenvalue weighted by atomic mass is 31.2. The highest BCUT2D eigenvalue weighted by molar-refractivity contribution is 7.53. The van der Waals surface area contributed by atoms with Crippen LogP contribution in [0.2, 0.25) is 0 Å².